The number of carboxylic acid groups (broad SMARTS) is 1. The molecule has 0 fully saturated rings. The molecule has 0 aromatic heterocycles. The molecule has 0 aliphatic heterocycles. The zero-order valence-electron chi connectivity index (χ0n) is 3.60. The topological polar surface area (TPSA) is 54.4 Å². The number of carbonyl (C=O) groups excluding carboxylic acids is 1. The van der Waals surface area contributed by atoms with Crippen LogP contribution >= 0.6 is 0 Å². The first-order valence-corrected chi connectivity index (χ1v) is 1.38. The molecule has 0 saturated carbocycles. The molecule has 0 heterocycles. The SMILES string of the molecule is CC(=O)C(=O)O.[Tb]. The average molecular weight is 247 g/mol. The smallest absolute Gasteiger partial charge is 0.371 e. The third-order valence-electron chi connectivity index (χ3n) is 0.301. The van der Waals surface area contributed by atoms with E-state index < -0.39 is 11.8 Å². The number of aliphatic carboxylic acids is 1. The second-order valence-corrected chi connectivity index (χ2v) is 0.861. The Labute approximate surface area is 71.5 Å². The Hall–Kier alpha value is 0.426. The van der Waals surface area contributed by atoms with Crippen molar-refractivity contribution in [2.24, 2.45) is 0 Å². The fourth-order valence-corrected chi connectivity index (χ4v) is 0. The molecule has 0 saturated heterocycles. The van der Waals surface area contributed by atoms with Gasteiger partial charge in [0.2, 0.25) is 5.78 Å². The summed E-state index contributed by atoms with van der Waals surface area (Å²) in [5.74, 6) is -2.20. The predicted octanol–water partition coefficient (Wildman–Crippen LogP) is -0.340. The zero-order chi connectivity index (χ0) is 5.15. The number of ketones is 1. The van der Waals surface area contributed by atoms with Crippen molar-refractivity contribution in [3.05, 3.63) is 0 Å². The minimum absolute atomic E-state index is 0. The Kier molecular flexibility index (Phi) is 6.82. The number of Topliss-reactive ketones (excluding diaryl/α,β-unsaturated/α-hetero) is 1. The van der Waals surface area contributed by atoms with Crippen LogP contribution < -0.4 is 0 Å². The van der Waals surface area contributed by atoms with Crippen LogP contribution in [0.25, 0.3) is 0 Å². The van der Waals surface area contributed by atoms with Gasteiger partial charge in [-0.3, -0.25) is 4.79 Å². The number of hydrogen-bond acceptors (Lipinski definition) is 2. The quantitative estimate of drug-likeness (QED) is 0.645. The third-order valence-corrected chi connectivity index (χ3v) is 0.301. The molecular formula is C3H4O3Tb. The van der Waals surface area contributed by atoms with Crippen molar-refractivity contribution < 1.29 is 53.3 Å². The van der Waals surface area contributed by atoms with Gasteiger partial charge in [-0.1, -0.05) is 0 Å². The summed E-state index contributed by atoms with van der Waals surface area (Å²) in [7, 11) is 0. The van der Waals surface area contributed by atoms with Crippen LogP contribution in [0, 0.1) is 38.6 Å². The van der Waals surface area contributed by atoms with Crippen molar-refractivity contribution >= 4 is 11.8 Å². The molecule has 4 heteroatoms. The Morgan fingerprint density at radius 3 is 1.57 bits per heavy atom. The number of hydrogen-bond donors (Lipinski definition) is 1. The van der Waals surface area contributed by atoms with E-state index in [1.807, 2.05) is 0 Å². The maximum absolute atomic E-state index is 9.54. The second kappa shape index (κ2) is 4.58. The molecule has 43 valence electrons. The molecule has 0 unspecified atom stereocenters. The number of carbonyl (C=O) groups is 2. The third kappa shape index (κ3) is 6.43. The summed E-state index contributed by atoms with van der Waals surface area (Å²) in [6.45, 7) is 1.00. The van der Waals surface area contributed by atoms with Crippen LogP contribution in [0.2, 0.25) is 0 Å². The van der Waals surface area contributed by atoms with Gasteiger partial charge in [0, 0.05) is 45.5 Å². The van der Waals surface area contributed by atoms with Gasteiger partial charge in [0.1, 0.15) is 0 Å². The van der Waals surface area contributed by atoms with Crippen LogP contribution in [0.1, 0.15) is 6.92 Å². The van der Waals surface area contributed by atoms with E-state index >= 15 is 0 Å². The average Bonchev–Trinajstić information content (AvgIpc) is 1.36. The summed E-state index contributed by atoms with van der Waals surface area (Å²) in [4.78, 5) is 18.9. The van der Waals surface area contributed by atoms with Gasteiger partial charge in [0.25, 0.3) is 0 Å². The summed E-state index contributed by atoms with van der Waals surface area (Å²) in [6.07, 6.45) is 0. The summed E-state index contributed by atoms with van der Waals surface area (Å²) in [5, 5.41) is 7.64. The molecule has 3 nitrogen and oxygen atoms in total. The molecular weight excluding hydrogens is 243 g/mol. The van der Waals surface area contributed by atoms with Crippen molar-refractivity contribution in [1.82, 2.24) is 0 Å². The molecule has 1 N–H and O–H groups in total. The van der Waals surface area contributed by atoms with Gasteiger partial charge < -0.3 is 5.11 Å². The van der Waals surface area contributed by atoms with Gasteiger partial charge in [0.05, 0.1) is 0 Å². The Morgan fingerprint density at radius 1 is 1.43 bits per heavy atom. The zero-order valence-corrected chi connectivity index (χ0v) is 5.74. The fraction of sp³-hybridized carbons (Fsp3) is 0.333. The maximum atomic E-state index is 9.54. The molecule has 0 amide bonds. The largest absolute Gasteiger partial charge is 0.476 e. The first kappa shape index (κ1) is 10.4. The van der Waals surface area contributed by atoms with E-state index in [0.717, 1.165) is 6.92 Å². The predicted molar refractivity (Wildman–Crippen MR) is 18.3 cm³/mol. The van der Waals surface area contributed by atoms with Crippen molar-refractivity contribution in [2.75, 3.05) is 0 Å². The summed E-state index contributed by atoms with van der Waals surface area (Å²) in [6, 6.07) is 0. The van der Waals surface area contributed by atoms with E-state index in [-0.39, 0.29) is 38.6 Å². The van der Waals surface area contributed by atoms with E-state index in [9.17, 15) is 9.59 Å². The van der Waals surface area contributed by atoms with Crippen molar-refractivity contribution in [1.29, 1.82) is 0 Å². The van der Waals surface area contributed by atoms with E-state index in [0.29, 0.717) is 0 Å². The molecule has 0 rings (SSSR count). The van der Waals surface area contributed by atoms with Gasteiger partial charge in [-0.2, -0.15) is 0 Å². The summed E-state index contributed by atoms with van der Waals surface area (Å²) < 4.78 is 0. The van der Waals surface area contributed by atoms with E-state index in [2.05, 4.69) is 0 Å². The molecule has 0 aliphatic carbocycles. The normalized spacial score (nSPS) is 6.43. The fourth-order valence-electron chi connectivity index (χ4n) is 0. The van der Waals surface area contributed by atoms with Crippen LogP contribution in [0.4, 0.5) is 0 Å². The van der Waals surface area contributed by atoms with Crippen molar-refractivity contribution in [3.8, 4) is 0 Å². The van der Waals surface area contributed by atoms with Gasteiger partial charge >= 0.3 is 5.97 Å². The van der Waals surface area contributed by atoms with Crippen LogP contribution in [-0.2, 0) is 9.59 Å². The number of carboxylic acids is 1. The van der Waals surface area contributed by atoms with Crippen LogP contribution in [0.15, 0.2) is 0 Å². The molecule has 1 radical (unpaired) electrons. The molecule has 0 aromatic rings. The summed E-state index contributed by atoms with van der Waals surface area (Å²) in [5.41, 5.74) is 0. The first-order valence-electron chi connectivity index (χ1n) is 1.38. The standard InChI is InChI=1S/C3H4O3.Tb/c1-2(4)3(5)6;/h1H3,(H,5,6);. The van der Waals surface area contributed by atoms with Crippen LogP contribution in [0.3, 0.4) is 0 Å². The van der Waals surface area contributed by atoms with Gasteiger partial charge in [-0.15, -0.1) is 0 Å². The van der Waals surface area contributed by atoms with E-state index in [4.69, 9.17) is 5.11 Å². The molecule has 0 spiro atoms. The first-order chi connectivity index (χ1) is 2.64. The van der Waals surface area contributed by atoms with E-state index in [1.54, 1.807) is 0 Å². The van der Waals surface area contributed by atoms with Crippen molar-refractivity contribution in [2.45, 2.75) is 6.92 Å². The van der Waals surface area contributed by atoms with Gasteiger partial charge in [-0.05, 0) is 0 Å². The molecule has 0 bridgehead atoms. The Morgan fingerprint density at radius 2 is 1.57 bits per heavy atom. The van der Waals surface area contributed by atoms with Crippen LogP contribution in [-0.4, -0.2) is 16.9 Å². The molecule has 0 aliphatic rings. The minimum Gasteiger partial charge on any atom is -0.476 e. The Bertz CT molecular complexity index is 76.2. The van der Waals surface area contributed by atoms with E-state index in [1.165, 1.54) is 0 Å². The van der Waals surface area contributed by atoms with Crippen LogP contribution in [0.5, 0.6) is 0 Å². The molecule has 0 aromatic carbocycles. The van der Waals surface area contributed by atoms with Crippen molar-refractivity contribution in [3.63, 3.8) is 0 Å². The van der Waals surface area contributed by atoms with Gasteiger partial charge in [0.15, 0.2) is 0 Å². The monoisotopic (exact) mass is 247 g/mol. The van der Waals surface area contributed by atoms with Gasteiger partial charge in [-0.25, -0.2) is 4.79 Å². The Balaban J connectivity index is 0. The minimum atomic E-state index is -1.38. The second-order valence-electron chi connectivity index (χ2n) is 0.861. The number of rotatable bonds is 1. The molecule has 7 heavy (non-hydrogen) atoms. The maximum Gasteiger partial charge on any atom is 0.371 e. The molecule has 0 atom stereocenters. The summed E-state index contributed by atoms with van der Waals surface area (Å²) >= 11 is 0.